The lowest BCUT2D eigenvalue weighted by molar-refractivity contribution is -0.133. The molecule has 1 aliphatic heterocycles. The van der Waals surface area contributed by atoms with Crippen molar-refractivity contribution in [3.8, 4) is 5.75 Å². The van der Waals surface area contributed by atoms with Crippen LogP contribution in [0.3, 0.4) is 0 Å². The normalized spacial score (nSPS) is 17.3. The summed E-state index contributed by atoms with van der Waals surface area (Å²) in [7, 11) is 0. The number of nitrogens with one attached hydrogen (secondary N) is 1. The number of hydrogen-bond donors (Lipinski definition) is 1. The van der Waals surface area contributed by atoms with Gasteiger partial charge in [-0.25, -0.2) is 4.98 Å². The number of ether oxygens (including phenoxy) is 1. The molecule has 7 nitrogen and oxygen atoms in total. The van der Waals surface area contributed by atoms with Crippen LogP contribution in [0.5, 0.6) is 5.75 Å². The summed E-state index contributed by atoms with van der Waals surface area (Å²) in [5, 5.41) is 3.06. The number of fused-ring (bicyclic) bond motifs is 3. The SMILES string of the molecule is CCOc1ccccc1CN1C(=O)c2nc3ccccc3n2C[C@@]1(C)C(=O)NCc1ccccc1. The van der Waals surface area contributed by atoms with E-state index in [9.17, 15) is 9.59 Å². The monoisotopic (exact) mass is 468 g/mol. The summed E-state index contributed by atoms with van der Waals surface area (Å²) in [6.07, 6.45) is 0. The Morgan fingerprint density at radius 2 is 1.74 bits per heavy atom. The number of nitrogens with zero attached hydrogens (tertiary/aromatic N) is 3. The lowest BCUT2D eigenvalue weighted by Gasteiger charge is -2.43. The highest BCUT2D eigenvalue weighted by atomic mass is 16.5. The van der Waals surface area contributed by atoms with Gasteiger partial charge in [0.15, 0.2) is 5.82 Å². The van der Waals surface area contributed by atoms with Crippen LogP contribution in [0.15, 0.2) is 78.9 Å². The van der Waals surface area contributed by atoms with E-state index in [0.29, 0.717) is 31.3 Å². The fourth-order valence-corrected chi connectivity index (χ4v) is 4.65. The molecule has 5 rings (SSSR count). The molecule has 4 aromatic rings. The molecular weight excluding hydrogens is 440 g/mol. The van der Waals surface area contributed by atoms with Gasteiger partial charge in [-0.15, -0.1) is 0 Å². The van der Waals surface area contributed by atoms with Gasteiger partial charge in [-0.1, -0.05) is 60.7 Å². The highest BCUT2D eigenvalue weighted by Crippen LogP contribution is 2.33. The van der Waals surface area contributed by atoms with E-state index in [0.717, 1.165) is 22.2 Å². The van der Waals surface area contributed by atoms with Gasteiger partial charge in [0.2, 0.25) is 5.91 Å². The molecule has 1 aliphatic rings. The number of imidazole rings is 1. The van der Waals surface area contributed by atoms with E-state index >= 15 is 0 Å². The van der Waals surface area contributed by atoms with Crippen molar-refractivity contribution in [2.75, 3.05) is 6.61 Å². The smallest absolute Gasteiger partial charge is 0.291 e. The number of amides is 2. The number of carbonyl (C=O) groups is 2. The zero-order valence-electron chi connectivity index (χ0n) is 19.9. The van der Waals surface area contributed by atoms with Crippen LogP contribution >= 0.6 is 0 Å². The van der Waals surface area contributed by atoms with Gasteiger partial charge in [-0.2, -0.15) is 0 Å². The lowest BCUT2D eigenvalue weighted by Crippen LogP contribution is -2.63. The second-order valence-electron chi connectivity index (χ2n) is 8.88. The second kappa shape index (κ2) is 9.25. The molecule has 2 heterocycles. The lowest BCUT2D eigenvalue weighted by atomic mass is 9.94. The Morgan fingerprint density at radius 3 is 2.54 bits per heavy atom. The third-order valence-corrected chi connectivity index (χ3v) is 6.54. The number of para-hydroxylation sites is 3. The molecule has 3 aromatic carbocycles. The molecule has 2 amide bonds. The zero-order valence-corrected chi connectivity index (χ0v) is 19.9. The fraction of sp³-hybridized carbons (Fsp3) is 0.250. The average molecular weight is 469 g/mol. The Hall–Kier alpha value is -4.13. The van der Waals surface area contributed by atoms with Crippen molar-refractivity contribution in [1.29, 1.82) is 0 Å². The van der Waals surface area contributed by atoms with Crippen molar-refractivity contribution in [1.82, 2.24) is 19.8 Å². The van der Waals surface area contributed by atoms with Crippen LogP contribution in [-0.2, 0) is 24.4 Å². The largest absolute Gasteiger partial charge is 0.494 e. The number of carbonyl (C=O) groups excluding carboxylic acids is 2. The maximum absolute atomic E-state index is 13.9. The van der Waals surface area contributed by atoms with E-state index in [2.05, 4.69) is 10.3 Å². The van der Waals surface area contributed by atoms with Gasteiger partial charge in [0.05, 0.1) is 30.7 Å². The summed E-state index contributed by atoms with van der Waals surface area (Å²) in [4.78, 5) is 33.9. The van der Waals surface area contributed by atoms with E-state index in [4.69, 9.17) is 4.74 Å². The molecule has 0 bridgehead atoms. The van der Waals surface area contributed by atoms with Gasteiger partial charge >= 0.3 is 0 Å². The minimum atomic E-state index is -1.14. The maximum atomic E-state index is 13.9. The first-order valence-electron chi connectivity index (χ1n) is 11.8. The van der Waals surface area contributed by atoms with E-state index in [-0.39, 0.29) is 18.4 Å². The molecule has 0 saturated carbocycles. The van der Waals surface area contributed by atoms with Crippen LogP contribution in [0.4, 0.5) is 0 Å². The molecule has 1 aromatic heterocycles. The van der Waals surface area contributed by atoms with Crippen molar-refractivity contribution in [3.05, 3.63) is 95.8 Å². The minimum Gasteiger partial charge on any atom is -0.494 e. The Balaban J connectivity index is 1.54. The van der Waals surface area contributed by atoms with Crippen LogP contribution in [0, 0.1) is 0 Å². The zero-order chi connectivity index (χ0) is 24.4. The van der Waals surface area contributed by atoms with Crippen LogP contribution in [-0.4, -0.2) is 38.4 Å². The first-order chi connectivity index (χ1) is 17.0. The number of benzene rings is 3. The first kappa shape index (κ1) is 22.7. The van der Waals surface area contributed by atoms with Gasteiger partial charge in [-0.3, -0.25) is 9.59 Å². The Bertz CT molecular complexity index is 1380. The summed E-state index contributed by atoms with van der Waals surface area (Å²) in [6, 6.07) is 25.0. The van der Waals surface area contributed by atoms with E-state index < -0.39 is 5.54 Å². The molecule has 7 heteroatoms. The topological polar surface area (TPSA) is 76.5 Å². The van der Waals surface area contributed by atoms with Gasteiger partial charge in [0.1, 0.15) is 11.3 Å². The first-order valence-corrected chi connectivity index (χ1v) is 11.8. The number of rotatable bonds is 7. The summed E-state index contributed by atoms with van der Waals surface area (Å²) in [5.74, 6) is 0.547. The van der Waals surface area contributed by atoms with Crippen LogP contribution in [0.1, 0.15) is 35.6 Å². The summed E-state index contributed by atoms with van der Waals surface area (Å²) >= 11 is 0. The quantitative estimate of drug-likeness (QED) is 0.442. The molecule has 35 heavy (non-hydrogen) atoms. The van der Waals surface area contributed by atoms with E-state index in [1.54, 1.807) is 4.90 Å². The van der Waals surface area contributed by atoms with Crippen LogP contribution < -0.4 is 10.1 Å². The third kappa shape index (κ3) is 4.14. The summed E-state index contributed by atoms with van der Waals surface area (Å²) < 4.78 is 7.67. The molecule has 1 atom stereocenters. The molecule has 1 N–H and O–H groups in total. The van der Waals surface area contributed by atoms with Gasteiger partial charge in [-0.05, 0) is 37.6 Å². The minimum absolute atomic E-state index is 0.216. The van der Waals surface area contributed by atoms with Gasteiger partial charge < -0.3 is 19.5 Å². The third-order valence-electron chi connectivity index (χ3n) is 6.54. The molecule has 0 fully saturated rings. The molecule has 0 radical (unpaired) electrons. The Morgan fingerprint density at radius 1 is 1.03 bits per heavy atom. The molecule has 0 spiro atoms. The summed E-state index contributed by atoms with van der Waals surface area (Å²) in [6.45, 7) is 5.16. The van der Waals surface area contributed by atoms with E-state index in [1.807, 2.05) is 97.3 Å². The average Bonchev–Trinajstić information content (AvgIpc) is 3.25. The predicted molar refractivity (Wildman–Crippen MR) is 134 cm³/mol. The Kier molecular flexibility index (Phi) is 5.99. The summed E-state index contributed by atoms with van der Waals surface area (Å²) in [5.41, 5.74) is 2.27. The van der Waals surface area contributed by atoms with Crippen molar-refractivity contribution < 1.29 is 14.3 Å². The molecular formula is C28H28N4O3. The van der Waals surface area contributed by atoms with Crippen molar-refractivity contribution in [2.24, 2.45) is 0 Å². The number of hydrogen-bond acceptors (Lipinski definition) is 4. The predicted octanol–water partition coefficient (Wildman–Crippen LogP) is 4.17. The van der Waals surface area contributed by atoms with Gasteiger partial charge in [0.25, 0.3) is 5.91 Å². The molecule has 0 saturated heterocycles. The van der Waals surface area contributed by atoms with Crippen LogP contribution in [0.2, 0.25) is 0 Å². The van der Waals surface area contributed by atoms with Crippen molar-refractivity contribution in [3.63, 3.8) is 0 Å². The van der Waals surface area contributed by atoms with Crippen molar-refractivity contribution in [2.45, 2.75) is 39.0 Å². The molecule has 178 valence electrons. The number of aromatic nitrogens is 2. The van der Waals surface area contributed by atoms with Crippen molar-refractivity contribution >= 4 is 22.8 Å². The van der Waals surface area contributed by atoms with Gasteiger partial charge in [0, 0.05) is 12.1 Å². The highest BCUT2D eigenvalue weighted by molar-refractivity contribution is 6.01. The molecule has 0 aliphatic carbocycles. The highest BCUT2D eigenvalue weighted by Gasteiger charge is 2.48. The standard InChI is InChI=1S/C28H28N4O3/c1-3-35-24-16-10-7-13-21(24)18-32-26(33)25-30-22-14-8-9-15-23(22)31(25)19-28(32,2)27(34)29-17-20-11-5-4-6-12-20/h4-16H,3,17-19H2,1-2H3,(H,29,34)/t28-/m0/s1. The van der Waals surface area contributed by atoms with Crippen LogP contribution in [0.25, 0.3) is 11.0 Å². The van der Waals surface area contributed by atoms with E-state index in [1.165, 1.54) is 0 Å². The Labute approximate surface area is 204 Å². The second-order valence-corrected chi connectivity index (χ2v) is 8.88. The fourth-order valence-electron chi connectivity index (χ4n) is 4.65. The maximum Gasteiger partial charge on any atom is 0.291 e. The molecule has 0 unspecified atom stereocenters.